The molecule has 1 aromatic carbocycles. The minimum absolute atomic E-state index is 0.135. The van der Waals surface area contributed by atoms with Crippen molar-refractivity contribution in [2.75, 3.05) is 16.4 Å². The Morgan fingerprint density at radius 3 is 2.18 bits per heavy atom. The average Bonchev–Trinajstić information content (AvgIpc) is 2.42. The summed E-state index contributed by atoms with van der Waals surface area (Å²) >= 11 is 0. The molecule has 8 heteroatoms. The summed E-state index contributed by atoms with van der Waals surface area (Å²) in [5.41, 5.74) is 5.99. The molecule has 4 N–H and O–H groups in total. The summed E-state index contributed by atoms with van der Waals surface area (Å²) in [5.74, 6) is 0.803. The first-order chi connectivity index (χ1) is 10.3. The highest BCUT2D eigenvalue weighted by atomic mass is 19.4. The highest BCUT2D eigenvalue weighted by Crippen LogP contribution is 2.31. The number of hydrogen-bond donors (Lipinski definition) is 3. The molecule has 0 aliphatic rings. The van der Waals surface area contributed by atoms with Crippen LogP contribution in [-0.2, 0) is 6.18 Å². The van der Waals surface area contributed by atoms with E-state index in [1.165, 1.54) is 18.5 Å². The van der Waals surface area contributed by atoms with Crippen molar-refractivity contribution in [3.8, 4) is 0 Å². The maximum atomic E-state index is 12.5. The Balaban J connectivity index is 2.20. The Kier molecular flexibility index (Phi) is 4.39. The first-order valence-corrected chi connectivity index (χ1v) is 6.58. The van der Waals surface area contributed by atoms with Crippen LogP contribution in [0.1, 0.15) is 19.4 Å². The second kappa shape index (κ2) is 6.08. The third-order valence-corrected chi connectivity index (χ3v) is 2.78. The number of aromatic nitrogens is 2. The van der Waals surface area contributed by atoms with Gasteiger partial charge >= 0.3 is 6.18 Å². The van der Waals surface area contributed by atoms with Crippen molar-refractivity contribution in [1.29, 1.82) is 0 Å². The first-order valence-electron chi connectivity index (χ1n) is 6.58. The standard InChI is InChI=1S/C14H16F3N5/c1-8(2)21-12-11(18)13(20-7-19-12)22-10-5-3-9(4-6-10)14(15,16)17/h3-8H,18H2,1-2H3,(H2,19,20,21,22). The van der Waals surface area contributed by atoms with Crippen molar-refractivity contribution >= 4 is 23.0 Å². The van der Waals surface area contributed by atoms with Gasteiger partial charge in [0.1, 0.15) is 12.0 Å². The van der Waals surface area contributed by atoms with Crippen molar-refractivity contribution in [3.63, 3.8) is 0 Å². The van der Waals surface area contributed by atoms with E-state index >= 15 is 0 Å². The predicted octanol–water partition coefficient (Wildman–Crippen LogP) is 3.64. The van der Waals surface area contributed by atoms with Crippen LogP contribution < -0.4 is 16.4 Å². The van der Waals surface area contributed by atoms with Crippen molar-refractivity contribution in [1.82, 2.24) is 9.97 Å². The molecule has 1 aromatic heterocycles. The first kappa shape index (κ1) is 15.9. The van der Waals surface area contributed by atoms with Gasteiger partial charge in [0.2, 0.25) is 0 Å². The van der Waals surface area contributed by atoms with Gasteiger partial charge in [-0.3, -0.25) is 0 Å². The second-order valence-electron chi connectivity index (χ2n) is 4.98. The zero-order chi connectivity index (χ0) is 16.3. The SMILES string of the molecule is CC(C)Nc1ncnc(Nc2ccc(C(F)(F)F)cc2)c1N. The fraction of sp³-hybridized carbons (Fsp3) is 0.286. The lowest BCUT2D eigenvalue weighted by Crippen LogP contribution is -2.14. The zero-order valence-electron chi connectivity index (χ0n) is 12.1. The quantitative estimate of drug-likeness (QED) is 0.803. The van der Waals surface area contributed by atoms with Crippen LogP contribution in [0.3, 0.4) is 0 Å². The normalized spacial score (nSPS) is 11.5. The number of anilines is 4. The predicted molar refractivity (Wildman–Crippen MR) is 79.9 cm³/mol. The van der Waals surface area contributed by atoms with Crippen LogP contribution in [-0.4, -0.2) is 16.0 Å². The van der Waals surface area contributed by atoms with Crippen LogP contribution in [0.4, 0.5) is 36.2 Å². The molecule has 0 saturated carbocycles. The van der Waals surface area contributed by atoms with E-state index in [2.05, 4.69) is 20.6 Å². The van der Waals surface area contributed by atoms with Crippen LogP contribution in [0.15, 0.2) is 30.6 Å². The van der Waals surface area contributed by atoms with Gasteiger partial charge in [-0.2, -0.15) is 13.2 Å². The largest absolute Gasteiger partial charge is 0.416 e. The van der Waals surface area contributed by atoms with Gasteiger partial charge in [0.15, 0.2) is 11.6 Å². The summed E-state index contributed by atoms with van der Waals surface area (Å²) in [6, 6.07) is 4.76. The van der Waals surface area contributed by atoms with Crippen molar-refractivity contribution in [2.24, 2.45) is 0 Å². The number of nitrogen functional groups attached to an aromatic ring is 1. The highest BCUT2D eigenvalue weighted by molar-refractivity contribution is 5.77. The number of nitrogens with zero attached hydrogens (tertiary/aromatic N) is 2. The Labute approximate surface area is 125 Å². The molecule has 0 unspecified atom stereocenters. The Hall–Kier alpha value is -2.51. The number of alkyl halides is 3. The van der Waals surface area contributed by atoms with E-state index in [4.69, 9.17) is 5.73 Å². The molecule has 0 saturated heterocycles. The summed E-state index contributed by atoms with van der Waals surface area (Å²) in [7, 11) is 0. The molecule has 0 fully saturated rings. The third kappa shape index (κ3) is 3.78. The number of nitrogens with one attached hydrogen (secondary N) is 2. The molecular formula is C14H16F3N5. The minimum atomic E-state index is -4.36. The van der Waals surface area contributed by atoms with E-state index < -0.39 is 11.7 Å². The second-order valence-corrected chi connectivity index (χ2v) is 4.98. The van der Waals surface area contributed by atoms with Crippen LogP contribution in [0.2, 0.25) is 0 Å². The smallest absolute Gasteiger partial charge is 0.393 e. The van der Waals surface area contributed by atoms with Crippen LogP contribution in [0.5, 0.6) is 0 Å². The molecule has 0 aliphatic carbocycles. The lowest BCUT2D eigenvalue weighted by atomic mass is 10.2. The summed E-state index contributed by atoms with van der Waals surface area (Å²) < 4.78 is 37.5. The van der Waals surface area contributed by atoms with Gasteiger partial charge in [-0.1, -0.05) is 0 Å². The highest BCUT2D eigenvalue weighted by Gasteiger charge is 2.29. The van der Waals surface area contributed by atoms with Crippen molar-refractivity contribution < 1.29 is 13.2 Å². The molecule has 0 radical (unpaired) electrons. The van der Waals surface area contributed by atoms with Gasteiger partial charge in [-0.25, -0.2) is 9.97 Å². The van der Waals surface area contributed by atoms with Gasteiger partial charge in [0.25, 0.3) is 0 Å². The number of hydrogen-bond acceptors (Lipinski definition) is 5. The molecule has 0 spiro atoms. The van der Waals surface area contributed by atoms with E-state index in [0.717, 1.165) is 12.1 Å². The topological polar surface area (TPSA) is 75.9 Å². The maximum Gasteiger partial charge on any atom is 0.416 e. The summed E-state index contributed by atoms with van der Waals surface area (Å²) in [5, 5.41) is 5.94. The fourth-order valence-corrected chi connectivity index (χ4v) is 1.76. The third-order valence-electron chi connectivity index (χ3n) is 2.78. The summed E-state index contributed by atoms with van der Waals surface area (Å²) in [4.78, 5) is 8.03. The van der Waals surface area contributed by atoms with Crippen LogP contribution >= 0.6 is 0 Å². The fourth-order valence-electron chi connectivity index (χ4n) is 1.76. The molecule has 0 amide bonds. The molecule has 0 aliphatic heterocycles. The van der Waals surface area contributed by atoms with Gasteiger partial charge in [0, 0.05) is 11.7 Å². The van der Waals surface area contributed by atoms with Crippen molar-refractivity contribution in [3.05, 3.63) is 36.2 Å². The van der Waals surface area contributed by atoms with Gasteiger partial charge in [0.05, 0.1) is 5.56 Å². The minimum Gasteiger partial charge on any atom is -0.393 e. The number of nitrogens with two attached hydrogens (primary N) is 1. The molecule has 0 bridgehead atoms. The van der Waals surface area contributed by atoms with E-state index in [1.807, 2.05) is 13.8 Å². The molecule has 5 nitrogen and oxygen atoms in total. The van der Waals surface area contributed by atoms with Crippen molar-refractivity contribution in [2.45, 2.75) is 26.1 Å². The maximum absolute atomic E-state index is 12.5. The van der Waals surface area contributed by atoms with Gasteiger partial charge in [-0.15, -0.1) is 0 Å². The van der Waals surface area contributed by atoms with E-state index in [9.17, 15) is 13.2 Å². The zero-order valence-corrected chi connectivity index (χ0v) is 12.1. The lowest BCUT2D eigenvalue weighted by Gasteiger charge is -2.14. The molecule has 0 atom stereocenters. The molecule has 22 heavy (non-hydrogen) atoms. The summed E-state index contributed by atoms with van der Waals surface area (Å²) in [6.45, 7) is 3.87. The van der Waals surface area contributed by atoms with E-state index in [-0.39, 0.29) is 6.04 Å². The van der Waals surface area contributed by atoms with Gasteiger partial charge < -0.3 is 16.4 Å². The number of benzene rings is 1. The average molecular weight is 311 g/mol. The monoisotopic (exact) mass is 311 g/mol. The lowest BCUT2D eigenvalue weighted by molar-refractivity contribution is -0.137. The molecular weight excluding hydrogens is 295 g/mol. The molecule has 2 rings (SSSR count). The molecule has 2 aromatic rings. The van der Waals surface area contributed by atoms with Gasteiger partial charge in [-0.05, 0) is 38.1 Å². The van der Waals surface area contributed by atoms with E-state index in [1.54, 1.807) is 0 Å². The Morgan fingerprint density at radius 1 is 1.05 bits per heavy atom. The Morgan fingerprint density at radius 2 is 1.64 bits per heavy atom. The summed E-state index contributed by atoms with van der Waals surface area (Å²) in [6.07, 6.45) is -3.03. The molecule has 1 heterocycles. The molecule has 118 valence electrons. The number of halogens is 3. The van der Waals surface area contributed by atoms with Crippen LogP contribution in [0.25, 0.3) is 0 Å². The van der Waals surface area contributed by atoms with Crippen LogP contribution in [0, 0.1) is 0 Å². The van der Waals surface area contributed by atoms with E-state index in [0.29, 0.717) is 23.0 Å². The number of rotatable bonds is 4. The Bertz CT molecular complexity index is 638.